The van der Waals surface area contributed by atoms with Gasteiger partial charge in [-0.25, -0.2) is 0 Å². The first kappa shape index (κ1) is 18.7. The number of carbonyl (C=O) groups is 2. The average Bonchev–Trinajstić information content (AvgIpc) is 2.29. The lowest BCUT2D eigenvalue weighted by atomic mass is 10.1. The lowest BCUT2D eigenvalue weighted by Gasteiger charge is -2.14. The van der Waals surface area contributed by atoms with Crippen molar-refractivity contribution in [3.05, 3.63) is 29.3 Å². The van der Waals surface area contributed by atoms with E-state index in [-0.39, 0.29) is 9.99 Å². The molecule has 0 saturated carbocycles. The van der Waals surface area contributed by atoms with Crippen molar-refractivity contribution in [2.45, 2.75) is 20.0 Å². The number of alkyl halides is 4. The summed E-state index contributed by atoms with van der Waals surface area (Å²) in [7, 11) is 0. The van der Waals surface area contributed by atoms with Crippen LogP contribution in [0.5, 0.6) is 5.75 Å². The summed E-state index contributed by atoms with van der Waals surface area (Å²) in [5.41, 5.74) is -0.640. The highest BCUT2D eigenvalue weighted by Gasteiger charge is 2.35. The molecular formula is C12H12F3IO4. The van der Waals surface area contributed by atoms with Gasteiger partial charge in [0, 0.05) is 6.92 Å². The maximum Gasteiger partial charge on any atom is 0.419 e. The van der Waals surface area contributed by atoms with Crippen LogP contribution in [-0.4, -0.2) is 21.5 Å². The number of hydrogen-bond acceptors (Lipinski definition) is 3. The van der Waals surface area contributed by atoms with Gasteiger partial charge in [-0.2, -0.15) is 13.2 Å². The summed E-state index contributed by atoms with van der Waals surface area (Å²) < 4.78 is 42.5. The van der Waals surface area contributed by atoms with E-state index in [0.717, 1.165) is 13.0 Å². The quantitative estimate of drug-likeness (QED) is 0.355. The number of benzene rings is 1. The summed E-state index contributed by atoms with van der Waals surface area (Å²) in [4.78, 5) is 20.0. The molecule has 1 N–H and O–H groups in total. The minimum absolute atomic E-state index is 0.00336. The molecule has 1 aromatic rings. The number of para-hydroxylation sites is 1. The Morgan fingerprint density at radius 3 is 2.25 bits per heavy atom. The van der Waals surface area contributed by atoms with Crippen molar-refractivity contribution in [1.82, 2.24) is 0 Å². The number of aryl methyl sites for hydroxylation is 1. The van der Waals surface area contributed by atoms with Crippen molar-refractivity contribution >= 4 is 34.5 Å². The minimum atomic E-state index is -4.52. The van der Waals surface area contributed by atoms with E-state index < -0.39 is 29.4 Å². The Hall–Kier alpha value is -1.32. The topological polar surface area (TPSA) is 63.6 Å². The molecule has 112 valence electrons. The highest BCUT2D eigenvalue weighted by atomic mass is 127. The second-order valence-electron chi connectivity index (χ2n) is 3.58. The van der Waals surface area contributed by atoms with Crippen molar-refractivity contribution < 1.29 is 32.6 Å². The fraction of sp³-hybridized carbons (Fsp3) is 0.333. The van der Waals surface area contributed by atoms with Gasteiger partial charge in [0.2, 0.25) is 0 Å². The molecule has 0 saturated heterocycles. The van der Waals surface area contributed by atoms with Gasteiger partial charge in [0.1, 0.15) is 5.75 Å². The Morgan fingerprint density at radius 1 is 1.35 bits per heavy atom. The third-order valence-electron chi connectivity index (χ3n) is 1.84. The largest absolute Gasteiger partial charge is 0.481 e. The lowest BCUT2D eigenvalue weighted by Crippen LogP contribution is -2.15. The SMILES string of the molecule is CC(=O)O.Cc1cccc(C(F)(F)F)c1OC(=O)CI. The normalized spacial score (nSPS) is 10.3. The smallest absolute Gasteiger partial charge is 0.419 e. The molecule has 4 nitrogen and oxygen atoms in total. The third kappa shape index (κ3) is 6.73. The van der Waals surface area contributed by atoms with Gasteiger partial charge in [-0.15, -0.1) is 0 Å². The zero-order valence-corrected chi connectivity index (χ0v) is 12.8. The number of aliphatic carboxylic acids is 1. The Morgan fingerprint density at radius 2 is 1.85 bits per heavy atom. The van der Waals surface area contributed by atoms with E-state index in [1.807, 2.05) is 0 Å². The summed E-state index contributed by atoms with van der Waals surface area (Å²) in [6, 6.07) is 3.63. The summed E-state index contributed by atoms with van der Waals surface area (Å²) >= 11 is 1.73. The van der Waals surface area contributed by atoms with E-state index in [2.05, 4.69) is 4.74 Å². The van der Waals surface area contributed by atoms with E-state index in [1.165, 1.54) is 19.1 Å². The van der Waals surface area contributed by atoms with Crippen molar-refractivity contribution in [1.29, 1.82) is 0 Å². The van der Waals surface area contributed by atoms with Gasteiger partial charge in [0.15, 0.2) is 0 Å². The predicted octanol–water partition coefficient (Wildman–Crippen LogP) is 3.45. The van der Waals surface area contributed by atoms with Crippen LogP contribution in [0, 0.1) is 6.92 Å². The number of carbonyl (C=O) groups excluding carboxylic acids is 1. The van der Waals surface area contributed by atoms with E-state index >= 15 is 0 Å². The second kappa shape index (κ2) is 8.08. The van der Waals surface area contributed by atoms with Gasteiger partial charge in [0.25, 0.3) is 5.97 Å². The maximum absolute atomic E-state index is 12.6. The van der Waals surface area contributed by atoms with Gasteiger partial charge in [-0.05, 0) is 18.6 Å². The van der Waals surface area contributed by atoms with E-state index in [4.69, 9.17) is 9.90 Å². The molecule has 0 spiro atoms. The van der Waals surface area contributed by atoms with Crippen LogP contribution in [0.3, 0.4) is 0 Å². The average molecular weight is 404 g/mol. The van der Waals surface area contributed by atoms with Gasteiger partial charge >= 0.3 is 12.1 Å². The highest BCUT2D eigenvalue weighted by Crippen LogP contribution is 2.37. The van der Waals surface area contributed by atoms with Crippen LogP contribution in [0.4, 0.5) is 13.2 Å². The van der Waals surface area contributed by atoms with Gasteiger partial charge < -0.3 is 9.84 Å². The van der Waals surface area contributed by atoms with Crippen LogP contribution < -0.4 is 4.74 Å². The van der Waals surface area contributed by atoms with Crippen molar-refractivity contribution in [2.75, 3.05) is 4.43 Å². The third-order valence-corrected chi connectivity index (χ3v) is 2.47. The van der Waals surface area contributed by atoms with Crippen LogP contribution in [0.2, 0.25) is 0 Å². The zero-order valence-electron chi connectivity index (χ0n) is 10.6. The van der Waals surface area contributed by atoms with Gasteiger partial charge in [0.05, 0.1) is 9.99 Å². The van der Waals surface area contributed by atoms with Crippen LogP contribution in [0.15, 0.2) is 18.2 Å². The van der Waals surface area contributed by atoms with Crippen molar-refractivity contribution in [3.8, 4) is 5.75 Å². The number of rotatable bonds is 2. The lowest BCUT2D eigenvalue weighted by molar-refractivity contribution is -0.141. The fourth-order valence-corrected chi connectivity index (χ4v) is 1.31. The molecule has 8 heteroatoms. The molecule has 0 unspecified atom stereocenters. The molecule has 0 aromatic heterocycles. The van der Waals surface area contributed by atoms with Crippen LogP contribution in [0.1, 0.15) is 18.1 Å². The number of esters is 1. The number of carboxylic acid groups (broad SMARTS) is 1. The first-order valence-electron chi connectivity index (χ1n) is 5.22. The minimum Gasteiger partial charge on any atom is -0.481 e. The molecular weight excluding hydrogens is 392 g/mol. The first-order valence-corrected chi connectivity index (χ1v) is 6.75. The monoisotopic (exact) mass is 404 g/mol. The molecule has 20 heavy (non-hydrogen) atoms. The molecule has 0 aliphatic rings. The number of halogens is 4. The molecule has 0 fully saturated rings. The summed E-state index contributed by atoms with van der Waals surface area (Å²) in [5, 5.41) is 7.42. The molecule has 1 aromatic carbocycles. The Labute approximate surface area is 127 Å². The number of ether oxygens (including phenoxy) is 1. The summed E-state index contributed by atoms with van der Waals surface area (Å²) in [5.74, 6) is -1.93. The zero-order chi connectivity index (χ0) is 15.9. The van der Waals surface area contributed by atoms with E-state index in [1.54, 1.807) is 22.6 Å². The number of hydrogen-bond donors (Lipinski definition) is 1. The molecule has 0 heterocycles. The Balaban J connectivity index is 0.000000796. The standard InChI is InChI=1S/C10H8F3IO2.C2H4O2/c1-6-3-2-4-7(10(11,12)13)9(6)16-8(15)5-14;1-2(3)4/h2-4H,5H2,1H3;1H3,(H,3,4). The molecule has 0 aliphatic carbocycles. The molecule has 0 bridgehead atoms. The Kier molecular flexibility index (Phi) is 7.54. The van der Waals surface area contributed by atoms with E-state index in [9.17, 15) is 18.0 Å². The van der Waals surface area contributed by atoms with Gasteiger partial charge in [-0.1, -0.05) is 34.7 Å². The number of carboxylic acids is 1. The highest BCUT2D eigenvalue weighted by molar-refractivity contribution is 14.1. The molecule has 1 rings (SSSR count). The van der Waals surface area contributed by atoms with Crippen LogP contribution in [-0.2, 0) is 15.8 Å². The second-order valence-corrected chi connectivity index (χ2v) is 4.34. The van der Waals surface area contributed by atoms with Crippen molar-refractivity contribution in [3.63, 3.8) is 0 Å². The summed E-state index contributed by atoms with van der Waals surface area (Å²) in [6.45, 7) is 2.55. The molecule has 0 aliphatic heterocycles. The predicted molar refractivity (Wildman–Crippen MR) is 74.0 cm³/mol. The van der Waals surface area contributed by atoms with Gasteiger partial charge in [-0.3, -0.25) is 9.59 Å². The van der Waals surface area contributed by atoms with Crippen molar-refractivity contribution in [2.24, 2.45) is 0 Å². The molecule has 0 atom stereocenters. The van der Waals surface area contributed by atoms with Crippen LogP contribution >= 0.6 is 22.6 Å². The van der Waals surface area contributed by atoms with E-state index in [0.29, 0.717) is 0 Å². The summed E-state index contributed by atoms with van der Waals surface area (Å²) in [6.07, 6.45) is -4.52. The molecule has 0 amide bonds. The molecule has 0 radical (unpaired) electrons. The fourth-order valence-electron chi connectivity index (χ4n) is 1.15. The maximum atomic E-state index is 12.6. The van der Waals surface area contributed by atoms with Crippen LogP contribution in [0.25, 0.3) is 0 Å². The Bertz CT molecular complexity index is 482. The first-order chi connectivity index (χ1) is 9.09.